The number of allylic oxidation sites excluding steroid dienone is 4. The summed E-state index contributed by atoms with van der Waals surface area (Å²) in [5.74, 6) is -3.45. The summed E-state index contributed by atoms with van der Waals surface area (Å²) in [6, 6.07) is 0. The molecule has 180 valence electrons. The van der Waals surface area contributed by atoms with E-state index < -0.39 is 51.5 Å². The van der Waals surface area contributed by atoms with Crippen molar-refractivity contribution in [2.75, 3.05) is 5.88 Å². The molecule has 5 nitrogen and oxygen atoms in total. The highest BCUT2D eigenvalue weighted by Crippen LogP contribution is 2.70. The van der Waals surface area contributed by atoms with E-state index in [0.29, 0.717) is 31.3 Å². The summed E-state index contributed by atoms with van der Waals surface area (Å²) in [4.78, 5) is 51.7. The van der Waals surface area contributed by atoms with Crippen molar-refractivity contribution >= 4 is 34.9 Å². The Labute approximate surface area is 199 Å². The van der Waals surface area contributed by atoms with Gasteiger partial charge in [0.05, 0.1) is 5.88 Å². The van der Waals surface area contributed by atoms with Gasteiger partial charge in [-0.3, -0.25) is 19.2 Å². The van der Waals surface area contributed by atoms with Crippen LogP contribution in [0.2, 0.25) is 0 Å². The molecule has 0 radical (unpaired) electrons. The number of alkyl halides is 2. The molecule has 0 saturated heterocycles. The lowest BCUT2D eigenvalue weighted by molar-refractivity contribution is -0.201. The maximum Gasteiger partial charge on any atom is 0.306 e. The van der Waals surface area contributed by atoms with E-state index >= 15 is 4.39 Å². The zero-order valence-corrected chi connectivity index (χ0v) is 20.5. The first kappa shape index (κ1) is 24.3. The third-order valence-electron chi connectivity index (χ3n) is 9.21. The summed E-state index contributed by atoms with van der Waals surface area (Å²) in [5.41, 5.74) is -5.35. The van der Waals surface area contributed by atoms with Gasteiger partial charge in [0.2, 0.25) is 0 Å². The minimum atomic E-state index is -2.19. The predicted octanol–water partition coefficient (Wildman–Crippen LogP) is 4.70. The molecule has 0 aromatic carbocycles. The number of carbonyl (C=O) groups excluding carboxylic acids is 4. The number of esters is 1. The van der Waals surface area contributed by atoms with Gasteiger partial charge < -0.3 is 4.74 Å². The molecule has 0 amide bonds. The lowest BCUT2D eigenvalue weighted by Crippen LogP contribution is -2.68. The molecule has 7 heteroatoms. The Balaban J connectivity index is 1.84. The van der Waals surface area contributed by atoms with Gasteiger partial charge in [-0.25, -0.2) is 4.39 Å². The fourth-order valence-corrected chi connectivity index (χ4v) is 7.86. The number of ketones is 3. The van der Waals surface area contributed by atoms with Crippen LogP contribution in [0, 0.1) is 28.6 Å². The summed E-state index contributed by atoms with van der Waals surface area (Å²) >= 11 is 6.02. The van der Waals surface area contributed by atoms with E-state index in [0.717, 1.165) is 0 Å². The third kappa shape index (κ3) is 2.95. The van der Waals surface area contributed by atoms with E-state index in [1.54, 1.807) is 19.9 Å². The van der Waals surface area contributed by atoms with Crippen molar-refractivity contribution in [3.63, 3.8) is 0 Å². The van der Waals surface area contributed by atoms with E-state index in [1.807, 2.05) is 13.8 Å². The minimum absolute atomic E-state index is 0.153. The van der Waals surface area contributed by atoms with E-state index in [1.165, 1.54) is 12.2 Å². The predicted molar refractivity (Wildman–Crippen MR) is 121 cm³/mol. The number of hydrogen-bond acceptors (Lipinski definition) is 5. The van der Waals surface area contributed by atoms with Gasteiger partial charge >= 0.3 is 5.97 Å². The number of Topliss-reactive ketones (excluding diaryl/α,β-unsaturated/α-hetero) is 2. The summed E-state index contributed by atoms with van der Waals surface area (Å²) in [6.45, 7) is 7.19. The van der Waals surface area contributed by atoms with Gasteiger partial charge in [-0.1, -0.05) is 32.4 Å². The van der Waals surface area contributed by atoms with Gasteiger partial charge in [0, 0.05) is 35.5 Å². The molecule has 4 aliphatic carbocycles. The molecule has 3 saturated carbocycles. The Morgan fingerprint density at radius 1 is 1.24 bits per heavy atom. The average Bonchev–Trinajstić information content (AvgIpc) is 2.97. The maximum absolute atomic E-state index is 17.1. The molecule has 0 bridgehead atoms. The minimum Gasteiger partial charge on any atom is -0.450 e. The van der Waals surface area contributed by atoms with E-state index in [9.17, 15) is 19.2 Å². The van der Waals surface area contributed by atoms with Crippen molar-refractivity contribution in [2.24, 2.45) is 28.6 Å². The molecule has 4 aliphatic rings. The van der Waals surface area contributed by atoms with Crippen molar-refractivity contribution in [3.8, 4) is 0 Å². The Kier molecular flexibility index (Phi) is 5.79. The van der Waals surface area contributed by atoms with Crippen molar-refractivity contribution in [3.05, 3.63) is 23.8 Å². The van der Waals surface area contributed by atoms with Crippen LogP contribution in [0.4, 0.5) is 4.39 Å². The first-order valence-corrected chi connectivity index (χ1v) is 12.4. The third-order valence-corrected chi connectivity index (χ3v) is 9.45. The van der Waals surface area contributed by atoms with Gasteiger partial charge in [0.15, 0.2) is 28.6 Å². The number of fused-ring (bicyclic) bond motifs is 5. The average molecular weight is 479 g/mol. The molecule has 0 aromatic rings. The first-order valence-electron chi connectivity index (χ1n) is 11.9. The molecule has 0 heterocycles. The van der Waals surface area contributed by atoms with Crippen molar-refractivity contribution < 1.29 is 28.3 Å². The van der Waals surface area contributed by atoms with Gasteiger partial charge in [-0.05, 0) is 50.7 Å². The van der Waals surface area contributed by atoms with Crippen LogP contribution in [0.15, 0.2) is 23.8 Å². The normalized spacial score (nSPS) is 43.9. The molecule has 0 spiro atoms. The van der Waals surface area contributed by atoms with Gasteiger partial charge in [0.1, 0.15) is 0 Å². The number of rotatable bonds is 5. The highest BCUT2D eigenvalue weighted by atomic mass is 35.5. The number of carbonyl (C=O) groups is 4. The fraction of sp³-hybridized carbons (Fsp3) is 0.692. The second kappa shape index (κ2) is 7.86. The smallest absolute Gasteiger partial charge is 0.306 e. The summed E-state index contributed by atoms with van der Waals surface area (Å²) in [6.07, 6.45) is 6.21. The van der Waals surface area contributed by atoms with Gasteiger partial charge in [-0.2, -0.15) is 0 Å². The van der Waals surface area contributed by atoms with Crippen molar-refractivity contribution in [1.29, 1.82) is 0 Å². The van der Waals surface area contributed by atoms with Gasteiger partial charge in [-0.15, -0.1) is 11.6 Å². The molecular weight excluding hydrogens is 447 g/mol. The van der Waals surface area contributed by atoms with Crippen LogP contribution in [0.3, 0.4) is 0 Å². The first-order chi connectivity index (χ1) is 15.4. The van der Waals surface area contributed by atoms with Crippen LogP contribution in [-0.2, 0) is 23.9 Å². The standard InChI is InChI=1S/C26H32ClFO5/c1-5-6-22(32)33-26(21(31)14-27)15(2)11-19-18-8-7-16-12-17(29)9-10-23(16,3)25(18,28)20(30)13-24(19,26)4/h9-10,12,15,18-19H,5-8,11,13-14H2,1-4H3/t15-,18-,19-,23-,24-,25+,26-/m0/s1. The molecule has 3 fully saturated rings. The van der Waals surface area contributed by atoms with Crippen molar-refractivity contribution in [2.45, 2.75) is 77.5 Å². The Morgan fingerprint density at radius 2 is 1.94 bits per heavy atom. The van der Waals surface area contributed by atoms with Crippen molar-refractivity contribution in [1.82, 2.24) is 0 Å². The summed E-state index contributed by atoms with van der Waals surface area (Å²) in [7, 11) is 0. The van der Waals surface area contributed by atoms with Crippen LogP contribution in [-0.4, -0.2) is 40.5 Å². The monoisotopic (exact) mass is 478 g/mol. The summed E-state index contributed by atoms with van der Waals surface area (Å²) in [5, 5.41) is 0. The van der Waals surface area contributed by atoms with Crippen LogP contribution in [0.5, 0.6) is 0 Å². The number of hydrogen-bond donors (Lipinski definition) is 0. The highest BCUT2D eigenvalue weighted by Gasteiger charge is 2.77. The van der Waals surface area contributed by atoms with E-state index in [-0.39, 0.29) is 30.4 Å². The molecule has 0 N–H and O–H groups in total. The largest absolute Gasteiger partial charge is 0.450 e. The lowest BCUT2D eigenvalue weighted by Gasteiger charge is -2.59. The number of halogens is 2. The van der Waals surface area contributed by atoms with Gasteiger partial charge in [0.25, 0.3) is 0 Å². The second-order valence-corrected chi connectivity index (χ2v) is 11.0. The zero-order valence-electron chi connectivity index (χ0n) is 19.7. The van der Waals surface area contributed by atoms with Crippen LogP contribution >= 0.6 is 11.6 Å². The van der Waals surface area contributed by atoms with Crippen LogP contribution in [0.1, 0.15) is 66.2 Å². The summed E-state index contributed by atoms with van der Waals surface area (Å²) < 4.78 is 23.1. The van der Waals surface area contributed by atoms with E-state index in [4.69, 9.17) is 16.3 Å². The zero-order chi connectivity index (χ0) is 24.4. The quantitative estimate of drug-likeness (QED) is 0.422. The second-order valence-electron chi connectivity index (χ2n) is 10.7. The molecule has 33 heavy (non-hydrogen) atoms. The highest BCUT2D eigenvalue weighted by molar-refractivity contribution is 6.29. The Bertz CT molecular complexity index is 987. The fourth-order valence-electron chi connectivity index (χ4n) is 7.66. The molecular formula is C26H32ClFO5. The topological polar surface area (TPSA) is 77.5 Å². The molecule has 4 rings (SSSR count). The Hall–Kier alpha value is -1.82. The molecule has 0 aliphatic heterocycles. The van der Waals surface area contributed by atoms with E-state index in [2.05, 4.69) is 0 Å². The van der Waals surface area contributed by atoms with Crippen LogP contribution < -0.4 is 0 Å². The molecule has 7 atom stereocenters. The van der Waals surface area contributed by atoms with Crippen LogP contribution in [0.25, 0.3) is 0 Å². The maximum atomic E-state index is 17.1. The lowest BCUT2D eigenvalue weighted by atomic mass is 9.45. The number of ether oxygens (including phenoxy) is 1. The molecule has 0 unspecified atom stereocenters. The molecule has 0 aromatic heterocycles. The Morgan fingerprint density at radius 3 is 2.58 bits per heavy atom. The SMILES string of the molecule is CCCC(=O)O[C@]1(C(=O)CCl)[C@@H](C)C[C@H]2[C@@H]3CCC4=CC(=O)C=C[C@]4(C)[C@]3(F)C(=O)C[C@@]21C.